The highest BCUT2D eigenvalue weighted by Crippen LogP contribution is 2.13. The molecule has 0 fully saturated rings. The molecule has 1 aliphatic rings. The minimum Gasteiger partial charge on any atom is -0.459 e. The van der Waals surface area contributed by atoms with Gasteiger partial charge in [-0.25, -0.2) is 4.79 Å². The Morgan fingerprint density at radius 2 is 1.96 bits per heavy atom. The average Bonchev–Trinajstić information content (AvgIpc) is 2.61. The Labute approximate surface area is 150 Å². The highest BCUT2D eigenvalue weighted by molar-refractivity contribution is 5.89. The summed E-state index contributed by atoms with van der Waals surface area (Å²) in [6, 6.07) is -1.42. The van der Waals surface area contributed by atoms with E-state index in [1.54, 1.807) is 0 Å². The first-order valence-corrected chi connectivity index (χ1v) is 8.92. The summed E-state index contributed by atoms with van der Waals surface area (Å²) >= 11 is 0. The molecule has 2 amide bonds. The summed E-state index contributed by atoms with van der Waals surface area (Å²) in [6.07, 6.45) is 9.24. The van der Waals surface area contributed by atoms with Crippen molar-refractivity contribution in [1.29, 1.82) is 0 Å². The van der Waals surface area contributed by atoms with E-state index in [1.807, 2.05) is 45.9 Å². The van der Waals surface area contributed by atoms with E-state index in [-0.39, 0.29) is 24.3 Å². The van der Waals surface area contributed by atoms with Gasteiger partial charge >= 0.3 is 5.97 Å². The van der Waals surface area contributed by atoms with E-state index in [4.69, 9.17) is 4.74 Å². The molecule has 0 aliphatic heterocycles. The zero-order valence-corrected chi connectivity index (χ0v) is 15.6. The van der Waals surface area contributed by atoms with Gasteiger partial charge in [0.25, 0.3) is 0 Å². The van der Waals surface area contributed by atoms with Crippen LogP contribution in [-0.4, -0.2) is 37.0 Å². The molecule has 0 aromatic rings. The molecule has 2 N–H and O–H groups in total. The van der Waals surface area contributed by atoms with Crippen LogP contribution in [0.3, 0.4) is 0 Å². The average molecular weight is 350 g/mol. The summed E-state index contributed by atoms with van der Waals surface area (Å²) in [4.78, 5) is 35.7. The highest BCUT2D eigenvalue weighted by atomic mass is 16.5. The van der Waals surface area contributed by atoms with Gasteiger partial charge in [-0.2, -0.15) is 0 Å². The number of amides is 2. The number of carbonyl (C=O) groups is 3. The number of ether oxygens (including phenoxy) is 1. The standard InChI is InChI=1S/C19H30N2O4/c1-5-14(4)17(20-12-22)18(23)21-16(13(2)3)19(24)25-11-15-9-7-6-8-10-15/h7,9-10,12-14,16-17H,5-6,8,11H2,1-4H3,(H,20,22)(H,21,23)/t14-,16?,17?/m0/s1. The molecule has 3 atom stereocenters. The van der Waals surface area contributed by atoms with E-state index in [2.05, 4.69) is 10.6 Å². The third-order valence-corrected chi connectivity index (χ3v) is 4.41. The molecule has 0 saturated heterocycles. The normalized spacial score (nSPS) is 17.2. The molecule has 0 radical (unpaired) electrons. The van der Waals surface area contributed by atoms with Gasteiger partial charge in [0, 0.05) is 0 Å². The Morgan fingerprint density at radius 1 is 1.24 bits per heavy atom. The second-order valence-electron chi connectivity index (χ2n) is 6.74. The van der Waals surface area contributed by atoms with Crippen LogP contribution in [0, 0.1) is 11.8 Å². The lowest BCUT2D eigenvalue weighted by atomic mass is 9.97. The summed E-state index contributed by atoms with van der Waals surface area (Å²) < 4.78 is 5.37. The van der Waals surface area contributed by atoms with Crippen LogP contribution in [0.25, 0.3) is 0 Å². The smallest absolute Gasteiger partial charge is 0.329 e. The van der Waals surface area contributed by atoms with E-state index in [9.17, 15) is 14.4 Å². The Balaban J connectivity index is 2.69. The monoisotopic (exact) mass is 350 g/mol. The van der Waals surface area contributed by atoms with Gasteiger partial charge in [0.2, 0.25) is 12.3 Å². The van der Waals surface area contributed by atoms with Crippen LogP contribution in [0.5, 0.6) is 0 Å². The van der Waals surface area contributed by atoms with Crippen LogP contribution in [0.1, 0.15) is 47.0 Å². The first kappa shape index (κ1) is 20.9. The minimum atomic E-state index is -0.749. The first-order valence-electron chi connectivity index (χ1n) is 8.92. The molecular formula is C19H30N2O4. The zero-order valence-electron chi connectivity index (χ0n) is 15.6. The maximum Gasteiger partial charge on any atom is 0.329 e. The molecule has 6 heteroatoms. The predicted octanol–water partition coefficient (Wildman–Crippen LogP) is 2.11. The van der Waals surface area contributed by atoms with Crippen molar-refractivity contribution in [2.24, 2.45) is 11.8 Å². The summed E-state index contributed by atoms with van der Waals surface area (Å²) in [5.74, 6) is -0.987. The van der Waals surface area contributed by atoms with Crippen molar-refractivity contribution in [1.82, 2.24) is 10.6 Å². The molecular weight excluding hydrogens is 320 g/mol. The summed E-state index contributed by atoms with van der Waals surface area (Å²) in [6.45, 7) is 7.72. The molecule has 0 aromatic heterocycles. The summed E-state index contributed by atoms with van der Waals surface area (Å²) in [7, 11) is 0. The van der Waals surface area contributed by atoms with Gasteiger partial charge in [0.15, 0.2) is 0 Å². The lowest BCUT2D eigenvalue weighted by Crippen LogP contribution is -2.54. The number of carbonyl (C=O) groups excluding carboxylic acids is 3. The zero-order chi connectivity index (χ0) is 18.8. The first-order chi connectivity index (χ1) is 11.9. The SMILES string of the molecule is CC[C@H](C)C(NC=O)C(=O)NC(C(=O)OCC1=CCCC=C1)C(C)C. The van der Waals surface area contributed by atoms with E-state index in [0.717, 1.165) is 24.8 Å². The summed E-state index contributed by atoms with van der Waals surface area (Å²) in [5.41, 5.74) is 0.966. The maximum absolute atomic E-state index is 12.5. The number of nitrogens with one attached hydrogen (secondary N) is 2. The van der Waals surface area contributed by atoms with Crippen molar-refractivity contribution in [2.45, 2.75) is 59.0 Å². The van der Waals surface area contributed by atoms with Crippen molar-refractivity contribution >= 4 is 18.3 Å². The Bertz CT molecular complexity index is 526. The van der Waals surface area contributed by atoms with Gasteiger partial charge in [0.1, 0.15) is 18.7 Å². The lowest BCUT2D eigenvalue weighted by molar-refractivity contribution is -0.148. The molecule has 1 aliphatic carbocycles. The number of hydrogen-bond donors (Lipinski definition) is 2. The van der Waals surface area contributed by atoms with Crippen LogP contribution >= 0.6 is 0 Å². The highest BCUT2D eigenvalue weighted by Gasteiger charge is 2.30. The number of allylic oxidation sites excluding steroid dienone is 2. The molecule has 0 heterocycles. The van der Waals surface area contributed by atoms with E-state index in [0.29, 0.717) is 6.41 Å². The number of esters is 1. The molecule has 25 heavy (non-hydrogen) atoms. The topological polar surface area (TPSA) is 84.5 Å². The molecule has 0 aromatic carbocycles. The minimum absolute atomic E-state index is 0.0356. The second-order valence-corrected chi connectivity index (χ2v) is 6.74. The fraction of sp³-hybridized carbons (Fsp3) is 0.632. The van der Waals surface area contributed by atoms with Gasteiger partial charge in [-0.1, -0.05) is 52.3 Å². The molecule has 1 rings (SSSR count). The summed E-state index contributed by atoms with van der Waals surface area (Å²) in [5, 5.41) is 5.27. The van der Waals surface area contributed by atoms with E-state index < -0.39 is 18.1 Å². The lowest BCUT2D eigenvalue weighted by Gasteiger charge is -2.26. The molecule has 6 nitrogen and oxygen atoms in total. The number of rotatable bonds is 10. The van der Waals surface area contributed by atoms with Crippen molar-refractivity contribution in [2.75, 3.05) is 6.61 Å². The van der Waals surface area contributed by atoms with Crippen LogP contribution in [-0.2, 0) is 19.1 Å². The Kier molecular flexibility index (Phi) is 8.95. The van der Waals surface area contributed by atoms with Crippen molar-refractivity contribution in [3.05, 3.63) is 23.8 Å². The second kappa shape index (κ2) is 10.7. The predicted molar refractivity (Wildman–Crippen MR) is 96.6 cm³/mol. The van der Waals surface area contributed by atoms with Gasteiger partial charge in [-0.05, 0) is 30.3 Å². The quantitative estimate of drug-likeness (QED) is 0.467. The molecule has 0 bridgehead atoms. The van der Waals surface area contributed by atoms with Crippen LogP contribution in [0.2, 0.25) is 0 Å². The van der Waals surface area contributed by atoms with Gasteiger partial charge in [-0.3, -0.25) is 9.59 Å². The molecule has 0 spiro atoms. The molecule has 0 saturated carbocycles. The van der Waals surface area contributed by atoms with Gasteiger partial charge in [0.05, 0.1) is 0 Å². The van der Waals surface area contributed by atoms with E-state index in [1.165, 1.54) is 0 Å². The third-order valence-electron chi connectivity index (χ3n) is 4.41. The van der Waals surface area contributed by atoms with Crippen LogP contribution < -0.4 is 10.6 Å². The largest absolute Gasteiger partial charge is 0.459 e. The van der Waals surface area contributed by atoms with Crippen LogP contribution in [0.15, 0.2) is 23.8 Å². The fourth-order valence-electron chi connectivity index (χ4n) is 2.57. The Hall–Kier alpha value is -2.11. The van der Waals surface area contributed by atoms with Crippen molar-refractivity contribution < 1.29 is 19.1 Å². The molecule has 140 valence electrons. The van der Waals surface area contributed by atoms with Gasteiger partial charge in [-0.15, -0.1) is 0 Å². The van der Waals surface area contributed by atoms with E-state index >= 15 is 0 Å². The fourth-order valence-corrected chi connectivity index (χ4v) is 2.57. The maximum atomic E-state index is 12.5. The molecule has 2 unspecified atom stereocenters. The third kappa shape index (κ3) is 6.72. The van der Waals surface area contributed by atoms with Gasteiger partial charge < -0.3 is 15.4 Å². The van der Waals surface area contributed by atoms with Crippen molar-refractivity contribution in [3.63, 3.8) is 0 Å². The van der Waals surface area contributed by atoms with Crippen LogP contribution in [0.4, 0.5) is 0 Å². The van der Waals surface area contributed by atoms with Crippen molar-refractivity contribution in [3.8, 4) is 0 Å². The number of hydrogen-bond acceptors (Lipinski definition) is 4. The Morgan fingerprint density at radius 3 is 2.48 bits per heavy atom.